The van der Waals surface area contributed by atoms with Crippen LogP contribution in [0.5, 0.6) is 0 Å². The molecule has 1 N–H and O–H groups in total. The third-order valence-electron chi connectivity index (χ3n) is 11.9. The molecule has 0 fully saturated rings. The summed E-state index contributed by atoms with van der Waals surface area (Å²) in [5.74, 6) is -0.586. The number of carbonyl (C=O) groups is 2. The van der Waals surface area contributed by atoms with Gasteiger partial charge >= 0.3 is 5.97 Å². The van der Waals surface area contributed by atoms with Gasteiger partial charge in [-0.05, 0) is 96.0 Å². The third kappa shape index (κ3) is 48.5. The number of phosphoric acid groups is 1. The Hall–Kier alpha value is -2.55. The molecule has 0 aromatic carbocycles. The lowest BCUT2D eigenvalue weighted by Crippen LogP contribution is -2.47. The Kier molecular flexibility index (Phi) is 46.3. The molecule has 0 saturated heterocycles. The van der Waals surface area contributed by atoms with Crippen molar-refractivity contribution >= 4 is 19.7 Å². The molecule has 3 unspecified atom stereocenters. The van der Waals surface area contributed by atoms with E-state index in [1.165, 1.54) is 96.3 Å². The van der Waals surface area contributed by atoms with Gasteiger partial charge in [0, 0.05) is 12.8 Å². The first-order valence-corrected chi connectivity index (χ1v) is 29.2. The molecule has 0 aliphatic carbocycles. The fourth-order valence-electron chi connectivity index (χ4n) is 7.56. The fraction of sp³-hybridized carbons (Fsp3) is 0.759. The highest BCUT2D eigenvalue weighted by Gasteiger charge is 2.27. The molecule has 3 atom stereocenters. The molecule has 0 rings (SSSR count). The molecule has 0 aliphatic rings. The van der Waals surface area contributed by atoms with Gasteiger partial charge in [0.25, 0.3) is 7.82 Å². The molecule has 0 aromatic rings. The Balaban J connectivity index is 5.42. The predicted octanol–water partition coefficient (Wildman–Crippen LogP) is 15.9. The molecule has 0 spiro atoms. The van der Waals surface area contributed by atoms with Crippen molar-refractivity contribution in [1.29, 1.82) is 0 Å². The molecule has 68 heavy (non-hydrogen) atoms. The van der Waals surface area contributed by atoms with Gasteiger partial charge in [-0.2, -0.15) is 0 Å². The summed E-state index contributed by atoms with van der Waals surface area (Å²) in [4.78, 5) is 39.8. The van der Waals surface area contributed by atoms with Gasteiger partial charge in [0.1, 0.15) is 19.3 Å². The lowest BCUT2D eigenvalue weighted by molar-refractivity contribution is -0.870. The maximum absolute atomic E-state index is 13.4. The molecular weight excluding hydrogens is 868 g/mol. The number of carbonyl (C=O) groups excluding carboxylic acids is 2. The molecular formula is C58H105N2O7P. The van der Waals surface area contributed by atoms with E-state index in [-0.39, 0.29) is 31.3 Å². The van der Waals surface area contributed by atoms with E-state index in [2.05, 4.69) is 86.8 Å². The normalized spacial score (nSPS) is 14.4. The van der Waals surface area contributed by atoms with Crippen LogP contribution in [-0.2, 0) is 27.9 Å². The topological polar surface area (TPSA) is 114 Å². The van der Waals surface area contributed by atoms with E-state index < -0.39 is 26.6 Å². The van der Waals surface area contributed by atoms with Crippen molar-refractivity contribution in [3.05, 3.63) is 72.9 Å². The molecule has 0 heterocycles. The number of hydrogen-bond donors (Lipinski definition) is 1. The average Bonchev–Trinajstić information content (AvgIpc) is 3.29. The van der Waals surface area contributed by atoms with E-state index in [1.54, 1.807) is 0 Å². The minimum atomic E-state index is -4.70. The number of likely N-dealkylation sites (N-methyl/N-ethyl adjacent to an activating group) is 1. The van der Waals surface area contributed by atoms with Crippen molar-refractivity contribution in [3.8, 4) is 0 Å². The number of unbranched alkanes of at least 4 members (excludes halogenated alkanes) is 23. The average molecular weight is 973 g/mol. The smallest absolute Gasteiger partial charge is 0.306 e. The van der Waals surface area contributed by atoms with E-state index in [4.69, 9.17) is 13.8 Å². The van der Waals surface area contributed by atoms with Crippen molar-refractivity contribution in [2.45, 2.75) is 245 Å². The summed E-state index contributed by atoms with van der Waals surface area (Å²) in [6.45, 7) is 6.67. The van der Waals surface area contributed by atoms with Crippen molar-refractivity contribution < 1.29 is 37.3 Å². The maximum Gasteiger partial charge on any atom is 0.306 e. The Labute approximate surface area is 419 Å². The van der Waals surface area contributed by atoms with E-state index >= 15 is 0 Å². The van der Waals surface area contributed by atoms with Crippen LogP contribution < -0.4 is 10.2 Å². The van der Waals surface area contributed by atoms with Crippen molar-refractivity contribution in [1.82, 2.24) is 5.32 Å². The van der Waals surface area contributed by atoms with Crippen LogP contribution in [0.4, 0.5) is 0 Å². The van der Waals surface area contributed by atoms with Gasteiger partial charge in [-0.25, -0.2) is 0 Å². The maximum atomic E-state index is 13.4. The number of ether oxygens (including phenoxy) is 1. The predicted molar refractivity (Wildman–Crippen MR) is 288 cm³/mol. The Morgan fingerprint density at radius 2 is 0.941 bits per heavy atom. The highest BCUT2D eigenvalue weighted by Crippen LogP contribution is 2.38. The van der Waals surface area contributed by atoms with Gasteiger partial charge < -0.3 is 28.5 Å². The summed E-state index contributed by atoms with van der Waals surface area (Å²) in [6, 6.07) is -0.907. The highest BCUT2D eigenvalue weighted by molar-refractivity contribution is 7.45. The van der Waals surface area contributed by atoms with Crippen LogP contribution in [0.1, 0.15) is 233 Å². The summed E-state index contributed by atoms with van der Waals surface area (Å²) in [5, 5.41) is 2.99. The lowest BCUT2D eigenvalue weighted by Gasteiger charge is -2.30. The molecule has 10 heteroatoms. The Morgan fingerprint density at radius 3 is 1.46 bits per heavy atom. The number of allylic oxidation sites excluding steroid dienone is 11. The molecule has 0 radical (unpaired) electrons. The van der Waals surface area contributed by atoms with Crippen LogP contribution in [0, 0.1) is 0 Å². The summed E-state index contributed by atoms with van der Waals surface area (Å²) in [5.41, 5.74) is 0. The minimum Gasteiger partial charge on any atom is -0.756 e. The van der Waals surface area contributed by atoms with E-state index in [0.29, 0.717) is 17.4 Å². The zero-order valence-corrected chi connectivity index (χ0v) is 45.7. The number of nitrogens with one attached hydrogen (secondary N) is 1. The molecule has 0 bridgehead atoms. The van der Waals surface area contributed by atoms with Crippen LogP contribution in [0.2, 0.25) is 0 Å². The van der Waals surface area contributed by atoms with Gasteiger partial charge in [-0.3, -0.25) is 14.2 Å². The van der Waals surface area contributed by atoms with Crippen LogP contribution in [0.25, 0.3) is 0 Å². The number of rotatable bonds is 49. The van der Waals surface area contributed by atoms with Crippen molar-refractivity contribution in [2.75, 3.05) is 40.9 Å². The Morgan fingerprint density at radius 1 is 0.529 bits per heavy atom. The second-order valence-electron chi connectivity index (χ2n) is 19.7. The van der Waals surface area contributed by atoms with E-state index in [9.17, 15) is 19.0 Å². The summed E-state index contributed by atoms with van der Waals surface area (Å²) >= 11 is 0. The van der Waals surface area contributed by atoms with Gasteiger partial charge in [0.15, 0.2) is 0 Å². The van der Waals surface area contributed by atoms with Crippen LogP contribution >= 0.6 is 7.82 Å². The first kappa shape index (κ1) is 65.5. The summed E-state index contributed by atoms with van der Waals surface area (Å²) in [7, 11) is 1.15. The van der Waals surface area contributed by atoms with E-state index in [1.807, 2.05) is 33.3 Å². The van der Waals surface area contributed by atoms with Gasteiger partial charge in [-0.1, -0.05) is 197 Å². The number of amides is 1. The highest BCUT2D eigenvalue weighted by atomic mass is 31.2. The van der Waals surface area contributed by atoms with Crippen molar-refractivity contribution in [3.63, 3.8) is 0 Å². The fourth-order valence-corrected chi connectivity index (χ4v) is 8.29. The minimum absolute atomic E-state index is 0.0319. The van der Waals surface area contributed by atoms with Crippen LogP contribution in [0.3, 0.4) is 0 Å². The number of nitrogens with zero attached hydrogens (tertiary/aromatic N) is 1. The van der Waals surface area contributed by atoms with Gasteiger partial charge in [0.05, 0.1) is 33.8 Å². The summed E-state index contributed by atoms with van der Waals surface area (Å²) < 4.78 is 30.2. The largest absolute Gasteiger partial charge is 0.756 e. The van der Waals surface area contributed by atoms with Gasteiger partial charge in [0.2, 0.25) is 5.91 Å². The van der Waals surface area contributed by atoms with Crippen molar-refractivity contribution in [2.24, 2.45) is 0 Å². The second-order valence-corrected chi connectivity index (χ2v) is 21.1. The molecule has 0 saturated carbocycles. The standard InChI is InChI=1S/C58H105N2O7P/c1-7-10-13-16-19-22-25-27-29-31-32-35-38-41-44-47-50-57(61)59-55(54-66-68(63,64)65-53-52-60(4,5)6)56(49-46-43-40-37-34-24-21-18-15-12-9-3)67-58(62)51-48-45-42-39-36-33-30-28-26-23-20-17-14-11-8-2/h10,13,19,22-23,26-27,29,32,35,46,49,55-56H,7-9,11-12,14-18,20-21,24-25,28,30-31,33-34,36-45,47-48,50-54H2,1-6H3,(H-,59,61,63,64)/b13-10+,22-19+,26-23-,29-27+,35-32+,49-46+. The lowest BCUT2D eigenvalue weighted by atomic mass is 10.1. The van der Waals surface area contributed by atoms with E-state index in [0.717, 1.165) is 96.3 Å². The first-order valence-electron chi connectivity index (χ1n) is 27.7. The van der Waals surface area contributed by atoms with Crippen LogP contribution in [0.15, 0.2) is 72.9 Å². The second kappa shape index (κ2) is 48.1. The van der Waals surface area contributed by atoms with Crippen LogP contribution in [-0.4, -0.2) is 69.4 Å². The molecule has 9 nitrogen and oxygen atoms in total. The summed E-state index contributed by atoms with van der Waals surface area (Å²) in [6.07, 6.45) is 60.1. The monoisotopic (exact) mass is 973 g/mol. The number of esters is 1. The molecule has 0 aromatic heterocycles. The number of quaternary nitrogens is 1. The molecule has 0 aliphatic heterocycles. The zero-order chi connectivity index (χ0) is 50.1. The zero-order valence-electron chi connectivity index (χ0n) is 44.8. The quantitative estimate of drug-likeness (QED) is 0.0212. The third-order valence-corrected chi connectivity index (χ3v) is 12.8. The Bertz CT molecular complexity index is 1400. The van der Waals surface area contributed by atoms with Gasteiger partial charge in [-0.15, -0.1) is 0 Å². The SMILES string of the molecule is CC/C=C/C/C=C/C/C=C/C/C=C/CCCCCC(=O)NC(COP(=O)([O-])OCC[N+](C)(C)C)C(/C=C/CCCCCCCCCCC)OC(=O)CCCCCCCCC/C=C\CCCCCC. The number of hydrogen-bond acceptors (Lipinski definition) is 7. The first-order chi connectivity index (χ1) is 32.9. The molecule has 394 valence electrons. The number of phosphoric ester groups is 1. The molecule has 1 amide bonds.